The molecular weight excluding hydrogens is 265 g/mol. The summed E-state index contributed by atoms with van der Waals surface area (Å²) in [6, 6.07) is 1.85. The Morgan fingerprint density at radius 1 is 1.50 bits per heavy atom. The number of nitro groups is 1. The summed E-state index contributed by atoms with van der Waals surface area (Å²) < 4.78 is 13.8. The van der Waals surface area contributed by atoms with Crippen LogP contribution in [0.3, 0.4) is 0 Å². The third-order valence-corrected chi connectivity index (χ3v) is 2.84. The number of nitrogen functional groups attached to an aromatic ring is 1. The molecule has 0 saturated heterocycles. The summed E-state index contributed by atoms with van der Waals surface area (Å²) in [6.45, 7) is 6.40. The average Bonchev–Trinajstić information content (AvgIpc) is 2.34. The summed E-state index contributed by atoms with van der Waals surface area (Å²) >= 11 is 0. The molecule has 1 rings (SSSR count). The first-order valence-corrected chi connectivity index (χ1v) is 6.31. The fourth-order valence-corrected chi connectivity index (χ4v) is 1.91. The van der Waals surface area contributed by atoms with Crippen LogP contribution >= 0.6 is 0 Å². The van der Waals surface area contributed by atoms with Crippen LogP contribution in [0, 0.1) is 21.8 Å². The second-order valence-electron chi connectivity index (χ2n) is 4.85. The highest BCUT2D eigenvalue weighted by Crippen LogP contribution is 2.28. The number of halogens is 1. The van der Waals surface area contributed by atoms with Gasteiger partial charge in [0, 0.05) is 19.2 Å². The summed E-state index contributed by atoms with van der Waals surface area (Å²) in [5, 5.41) is 10.8. The molecule has 0 fully saturated rings. The van der Waals surface area contributed by atoms with E-state index in [4.69, 9.17) is 5.73 Å². The Bertz CT molecular complexity index is 532. The lowest BCUT2D eigenvalue weighted by Gasteiger charge is -2.23. The van der Waals surface area contributed by atoms with Crippen molar-refractivity contribution in [2.75, 3.05) is 18.8 Å². The van der Waals surface area contributed by atoms with Gasteiger partial charge in [0.25, 0.3) is 11.6 Å². The van der Waals surface area contributed by atoms with Crippen LogP contribution in [0.25, 0.3) is 0 Å². The smallest absolute Gasteiger partial charge is 0.293 e. The number of amides is 1. The molecule has 0 aromatic heterocycles. The Kier molecular flexibility index (Phi) is 5.01. The van der Waals surface area contributed by atoms with E-state index in [0.29, 0.717) is 13.1 Å². The van der Waals surface area contributed by atoms with Crippen molar-refractivity contribution < 1.29 is 14.1 Å². The molecule has 0 radical (unpaired) electrons. The molecule has 0 heterocycles. The Balaban J connectivity index is 3.27. The molecule has 0 aliphatic carbocycles. The Morgan fingerprint density at radius 2 is 2.10 bits per heavy atom. The van der Waals surface area contributed by atoms with E-state index in [2.05, 4.69) is 0 Å². The van der Waals surface area contributed by atoms with E-state index in [0.717, 1.165) is 12.1 Å². The number of nitro benzene ring substituents is 1. The third-order valence-electron chi connectivity index (χ3n) is 2.84. The van der Waals surface area contributed by atoms with Crippen LogP contribution in [0.4, 0.5) is 15.8 Å². The molecule has 0 aliphatic rings. The van der Waals surface area contributed by atoms with Gasteiger partial charge < -0.3 is 10.6 Å². The van der Waals surface area contributed by atoms with Crippen LogP contribution in [0.5, 0.6) is 0 Å². The molecule has 0 aliphatic heterocycles. The third kappa shape index (κ3) is 3.23. The number of benzene rings is 1. The first-order valence-electron chi connectivity index (χ1n) is 6.31. The Hall–Kier alpha value is -2.18. The molecule has 0 atom stereocenters. The minimum atomic E-state index is -0.847. The van der Waals surface area contributed by atoms with Gasteiger partial charge in [0.15, 0.2) is 0 Å². The van der Waals surface area contributed by atoms with Crippen LogP contribution in [-0.2, 0) is 0 Å². The van der Waals surface area contributed by atoms with Gasteiger partial charge in [-0.05, 0) is 18.9 Å². The van der Waals surface area contributed by atoms with E-state index in [1.807, 2.05) is 13.8 Å². The zero-order valence-corrected chi connectivity index (χ0v) is 11.7. The topological polar surface area (TPSA) is 89.5 Å². The van der Waals surface area contributed by atoms with Crippen LogP contribution in [0.2, 0.25) is 0 Å². The maximum Gasteiger partial charge on any atom is 0.293 e. The number of hydrogen-bond acceptors (Lipinski definition) is 4. The van der Waals surface area contributed by atoms with Crippen molar-refractivity contribution in [3.05, 3.63) is 33.6 Å². The second kappa shape index (κ2) is 6.31. The standard InChI is InChI=1S/C13H18FN3O3/c1-4-16(7-8(2)3)13(18)11-9(14)5-6-10(12(11)15)17(19)20/h5-6,8H,4,7,15H2,1-3H3. The maximum absolute atomic E-state index is 13.8. The predicted molar refractivity (Wildman–Crippen MR) is 73.9 cm³/mol. The number of nitrogens with zero attached hydrogens (tertiary/aromatic N) is 2. The lowest BCUT2D eigenvalue weighted by Crippen LogP contribution is -2.35. The molecule has 6 nitrogen and oxygen atoms in total. The van der Waals surface area contributed by atoms with Crippen LogP contribution < -0.4 is 5.73 Å². The Labute approximate surface area is 116 Å². The van der Waals surface area contributed by atoms with Gasteiger partial charge in [-0.2, -0.15) is 0 Å². The Morgan fingerprint density at radius 3 is 2.55 bits per heavy atom. The number of hydrogen-bond donors (Lipinski definition) is 1. The highest BCUT2D eigenvalue weighted by atomic mass is 19.1. The molecule has 0 saturated carbocycles. The highest BCUT2D eigenvalue weighted by Gasteiger charge is 2.26. The van der Waals surface area contributed by atoms with Gasteiger partial charge in [-0.15, -0.1) is 0 Å². The zero-order chi connectivity index (χ0) is 15.4. The minimum absolute atomic E-state index is 0.196. The zero-order valence-electron chi connectivity index (χ0n) is 11.7. The highest BCUT2D eigenvalue weighted by molar-refractivity contribution is 6.01. The van der Waals surface area contributed by atoms with E-state index in [-0.39, 0.29) is 5.92 Å². The second-order valence-corrected chi connectivity index (χ2v) is 4.85. The molecule has 0 spiro atoms. The van der Waals surface area contributed by atoms with Gasteiger partial charge in [-0.3, -0.25) is 14.9 Å². The largest absolute Gasteiger partial charge is 0.392 e. The molecule has 2 N–H and O–H groups in total. The van der Waals surface area contributed by atoms with Gasteiger partial charge in [-0.1, -0.05) is 13.8 Å². The summed E-state index contributed by atoms with van der Waals surface area (Å²) in [7, 11) is 0. The predicted octanol–water partition coefficient (Wildman–Crippen LogP) is 2.43. The molecule has 0 bridgehead atoms. The molecule has 1 aromatic carbocycles. The molecular formula is C13H18FN3O3. The normalized spacial score (nSPS) is 10.7. The van der Waals surface area contributed by atoms with Crippen molar-refractivity contribution in [2.24, 2.45) is 5.92 Å². The first kappa shape index (κ1) is 15.9. The van der Waals surface area contributed by atoms with Gasteiger partial charge in [0.1, 0.15) is 17.1 Å². The van der Waals surface area contributed by atoms with Gasteiger partial charge in [-0.25, -0.2) is 4.39 Å². The molecule has 0 unspecified atom stereocenters. The number of carbonyl (C=O) groups excluding carboxylic acids is 1. The van der Waals surface area contributed by atoms with Crippen molar-refractivity contribution in [2.45, 2.75) is 20.8 Å². The van der Waals surface area contributed by atoms with Gasteiger partial charge in [0.05, 0.1) is 4.92 Å². The maximum atomic E-state index is 13.8. The van der Waals surface area contributed by atoms with E-state index >= 15 is 0 Å². The first-order chi connectivity index (χ1) is 9.29. The van der Waals surface area contributed by atoms with Gasteiger partial charge >= 0.3 is 0 Å². The molecule has 7 heteroatoms. The van der Waals surface area contributed by atoms with Crippen molar-refractivity contribution in [1.29, 1.82) is 0 Å². The van der Waals surface area contributed by atoms with E-state index in [1.165, 1.54) is 4.90 Å². The lowest BCUT2D eigenvalue weighted by atomic mass is 10.1. The van der Waals surface area contributed by atoms with E-state index in [1.54, 1.807) is 6.92 Å². The molecule has 1 aromatic rings. The molecule has 110 valence electrons. The van der Waals surface area contributed by atoms with E-state index < -0.39 is 33.6 Å². The number of nitrogens with two attached hydrogens (primary N) is 1. The fraction of sp³-hybridized carbons (Fsp3) is 0.462. The van der Waals surface area contributed by atoms with E-state index in [9.17, 15) is 19.3 Å². The molecule has 1 amide bonds. The summed E-state index contributed by atoms with van der Waals surface area (Å²) in [4.78, 5) is 23.8. The van der Waals surface area contributed by atoms with Crippen LogP contribution in [-0.4, -0.2) is 28.8 Å². The monoisotopic (exact) mass is 283 g/mol. The fourth-order valence-electron chi connectivity index (χ4n) is 1.91. The van der Waals surface area contributed by atoms with Gasteiger partial charge in [0.2, 0.25) is 0 Å². The minimum Gasteiger partial charge on any atom is -0.392 e. The molecule has 20 heavy (non-hydrogen) atoms. The number of anilines is 1. The summed E-state index contributed by atoms with van der Waals surface area (Å²) in [5.74, 6) is -1.28. The van der Waals surface area contributed by atoms with Crippen molar-refractivity contribution >= 4 is 17.3 Å². The van der Waals surface area contributed by atoms with Crippen LogP contribution in [0.15, 0.2) is 12.1 Å². The van der Waals surface area contributed by atoms with Crippen molar-refractivity contribution in [3.8, 4) is 0 Å². The summed E-state index contributed by atoms with van der Waals surface area (Å²) in [6.07, 6.45) is 0. The van der Waals surface area contributed by atoms with Crippen molar-refractivity contribution in [3.63, 3.8) is 0 Å². The lowest BCUT2D eigenvalue weighted by molar-refractivity contribution is -0.384. The number of carbonyl (C=O) groups is 1. The SMILES string of the molecule is CCN(CC(C)C)C(=O)c1c(F)ccc([N+](=O)[O-])c1N. The average molecular weight is 283 g/mol. The summed E-state index contributed by atoms with van der Waals surface area (Å²) in [5.41, 5.74) is 4.26. The van der Waals surface area contributed by atoms with Crippen molar-refractivity contribution in [1.82, 2.24) is 4.90 Å². The van der Waals surface area contributed by atoms with Crippen LogP contribution in [0.1, 0.15) is 31.1 Å². The quantitative estimate of drug-likeness (QED) is 0.510. The number of rotatable bonds is 5.